The Morgan fingerprint density at radius 1 is 1.45 bits per heavy atom. The number of rotatable bonds is 7. The zero-order valence-electron chi connectivity index (χ0n) is 12.0. The van der Waals surface area contributed by atoms with Crippen LogP contribution in [0.2, 0.25) is 0 Å². The topological polar surface area (TPSA) is 68.0 Å². The lowest BCUT2D eigenvalue weighted by Crippen LogP contribution is -2.37. The summed E-state index contributed by atoms with van der Waals surface area (Å²) in [4.78, 5) is 2.09. The minimum atomic E-state index is -0.515. The first kappa shape index (κ1) is 15.1. The summed E-state index contributed by atoms with van der Waals surface area (Å²) >= 11 is 0. The summed E-state index contributed by atoms with van der Waals surface area (Å²) in [5.74, 6) is 0.722. The summed E-state index contributed by atoms with van der Waals surface area (Å²) in [5, 5.41) is 9.98. The van der Waals surface area contributed by atoms with Crippen LogP contribution in [0.5, 0.6) is 5.75 Å². The molecule has 1 aliphatic heterocycles. The van der Waals surface area contributed by atoms with Gasteiger partial charge in [0.2, 0.25) is 0 Å². The van der Waals surface area contributed by atoms with Gasteiger partial charge in [-0.2, -0.15) is 0 Å². The molecule has 0 aromatic heterocycles. The summed E-state index contributed by atoms with van der Waals surface area (Å²) in [7, 11) is 1.99. The van der Waals surface area contributed by atoms with Crippen molar-refractivity contribution in [2.45, 2.75) is 25.0 Å². The van der Waals surface area contributed by atoms with Gasteiger partial charge in [-0.3, -0.25) is 0 Å². The number of likely N-dealkylation sites (N-methyl/N-ethyl adjacent to an activating group) is 1. The molecule has 2 rings (SSSR count). The molecule has 1 saturated heterocycles. The number of benzene rings is 1. The molecule has 3 N–H and O–H groups in total. The molecule has 112 valence electrons. The zero-order chi connectivity index (χ0) is 14.4. The Balaban J connectivity index is 1.66. The minimum absolute atomic E-state index is 0.278. The lowest BCUT2D eigenvalue weighted by molar-refractivity contribution is 0.0444. The predicted molar refractivity (Wildman–Crippen MR) is 78.8 cm³/mol. The first-order valence-electron chi connectivity index (χ1n) is 7.10. The molecule has 1 heterocycles. The molecule has 0 spiro atoms. The number of aliphatic hydroxyl groups excluding tert-OH is 1. The van der Waals surface area contributed by atoms with Gasteiger partial charge in [-0.1, -0.05) is 0 Å². The van der Waals surface area contributed by atoms with Gasteiger partial charge >= 0.3 is 0 Å². The molecule has 5 nitrogen and oxygen atoms in total. The van der Waals surface area contributed by atoms with Crippen molar-refractivity contribution in [2.24, 2.45) is 0 Å². The molecule has 1 aromatic carbocycles. The van der Waals surface area contributed by atoms with E-state index in [1.54, 1.807) is 24.3 Å². The molecule has 0 bridgehead atoms. The van der Waals surface area contributed by atoms with Crippen molar-refractivity contribution in [3.63, 3.8) is 0 Å². The fourth-order valence-electron chi connectivity index (χ4n) is 2.38. The van der Waals surface area contributed by atoms with Crippen molar-refractivity contribution >= 4 is 5.69 Å². The van der Waals surface area contributed by atoms with Crippen LogP contribution in [-0.2, 0) is 4.74 Å². The summed E-state index contributed by atoms with van der Waals surface area (Å²) < 4.78 is 11.1. The Morgan fingerprint density at radius 2 is 2.20 bits per heavy atom. The van der Waals surface area contributed by atoms with E-state index in [0.717, 1.165) is 31.7 Å². The monoisotopic (exact) mass is 280 g/mol. The number of hydrogen-bond acceptors (Lipinski definition) is 5. The molecular formula is C15H24N2O3. The van der Waals surface area contributed by atoms with E-state index in [9.17, 15) is 5.11 Å². The number of nitrogens with two attached hydrogens (primary N) is 1. The maximum absolute atomic E-state index is 9.98. The SMILES string of the molecule is CN(CC(O)COc1ccc(N)cc1)CC1CCCO1. The molecule has 2 unspecified atom stereocenters. The first-order chi connectivity index (χ1) is 9.63. The average molecular weight is 280 g/mol. The summed E-state index contributed by atoms with van der Waals surface area (Å²) in [6, 6.07) is 7.17. The third kappa shape index (κ3) is 5.00. The predicted octanol–water partition coefficient (Wildman–Crippen LogP) is 1.12. The highest BCUT2D eigenvalue weighted by atomic mass is 16.5. The molecule has 0 aliphatic carbocycles. The standard InChI is InChI=1S/C15H24N2O3/c1-17(10-15-3-2-8-19-15)9-13(18)11-20-14-6-4-12(16)5-7-14/h4-7,13,15,18H,2-3,8-11,16H2,1H3. The van der Waals surface area contributed by atoms with Gasteiger partial charge in [0, 0.05) is 25.4 Å². The van der Waals surface area contributed by atoms with E-state index in [2.05, 4.69) is 4.90 Å². The van der Waals surface area contributed by atoms with E-state index >= 15 is 0 Å². The smallest absolute Gasteiger partial charge is 0.119 e. The maximum Gasteiger partial charge on any atom is 0.119 e. The summed E-state index contributed by atoms with van der Waals surface area (Å²) in [6.07, 6.45) is 2.05. The maximum atomic E-state index is 9.98. The van der Waals surface area contributed by atoms with Crippen LogP contribution in [0.3, 0.4) is 0 Å². The van der Waals surface area contributed by atoms with Gasteiger partial charge in [0.25, 0.3) is 0 Å². The van der Waals surface area contributed by atoms with E-state index in [4.69, 9.17) is 15.2 Å². The Labute approximate surface area is 120 Å². The number of nitrogens with zero attached hydrogens (tertiary/aromatic N) is 1. The van der Waals surface area contributed by atoms with E-state index in [1.807, 2.05) is 7.05 Å². The molecular weight excluding hydrogens is 256 g/mol. The van der Waals surface area contributed by atoms with Crippen LogP contribution in [0.4, 0.5) is 5.69 Å². The third-order valence-electron chi connectivity index (χ3n) is 3.38. The Bertz CT molecular complexity index is 391. The van der Waals surface area contributed by atoms with E-state index in [1.165, 1.54) is 0 Å². The van der Waals surface area contributed by atoms with E-state index in [0.29, 0.717) is 18.3 Å². The summed E-state index contributed by atoms with van der Waals surface area (Å²) in [6.45, 7) is 2.58. The molecule has 1 aliphatic rings. The molecule has 0 radical (unpaired) electrons. The molecule has 0 amide bonds. The van der Waals surface area contributed by atoms with Gasteiger partial charge in [0.1, 0.15) is 18.5 Å². The highest BCUT2D eigenvalue weighted by Crippen LogP contribution is 2.14. The molecule has 0 saturated carbocycles. The second-order valence-electron chi connectivity index (χ2n) is 5.39. The molecule has 1 aromatic rings. The van der Waals surface area contributed by atoms with Crippen LogP contribution in [0.25, 0.3) is 0 Å². The normalized spacial score (nSPS) is 20.2. The fourth-order valence-corrected chi connectivity index (χ4v) is 2.38. The van der Waals surface area contributed by atoms with E-state index in [-0.39, 0.29) is 6.61 Å². The van der Waals surface area contributed by atoms with Crippen molar-refractivity contribution in [1.82, 2.24) is 4.90 Å². The van der Waals surface area contributed by atoms with Gasteiger partial charge in [0.05, 0.1) is 6.10 Å². The number of nitrogen functional groups attached to an aromatic ring is 1. The molecule has 5 heteroatoms. The quantitative estimate of drug-likeness (QED) is 0.733. The van der Waals surface area contributed by atoms with Crippen LogP contribution >= 0.6 is 0 Å². The number of aliphatic hydroxyl groups is 1. The van der Waals surface area contributed by atoms with Gasteiger partial charge in [0.15, 0.2) is 0 Å². The number of hydrogen-bond donors (Lipinski definition) is 2. The average Bonchev–Trinajstić information content (AvgIpc) is 2.90. The first-order valence-corrected chi connectivity index (χ1v) is 7.10. The molecule has 1 fully saturated rings. The summed E-state index contributed by atoms with van der Waals surface area (Å²) in [5.41, 5.74) is 6.31. The largest absolute Gasteiger partial charge is 0.491 e. The third-order valence-corrected chi connectivity index (χ3v) is 3.38. The van der Waals surface area contributed by atoms with Crippen LogP contribution < -0.4 is 10.5 Å². The van der Waals surface area contributed by atoms with Crippen molar-refractivity contribution < 1.29 is 14.6 Å². The van der Waals surface area contributed by atoms with Gasteiger partial charge in [-0.25, -0.2) is 0 Å². The van der Waals surface area contributed by atoms with Crippen molar-refractivity contribution in [1.29, 1.82) is 0 Å². The second kappa shape index (κ2) is 7.47. The highest BCUT2D eigenvalue weighted by molar-refractivity contribution is 5.41. The minimum Gasteiger partial charge on any atom is -0.491 e. The van der Waals surface area contributed by atoms with Crippen molar-refractivity contribution in [3.05, 3.63) is 24.3 Å². The van der Waals surface area contributed by atoms with Crippen LogP contribution in [0.15, 0.2) is 24.3 Å². The fraction of sp³-hybridized carbons (Fsp3) is 0.600. The zero-order valence-corrected chi connectivity index (χ0v) is 12.0. The molecule has 20 heavy (non-hydrogen) atoms. The Kier molecular flexibility index (Phi) is 5.64. The Hall–Kier alpha value is -1.30. The Morgan fingerprint density at radius 3 is 2.85 bits per heavy atom. The lowest BCUT2D eigenvalue weighted by Gasteiger charge is -2.23. The van der Waals surface area contributed by atoms with E-state index < -0.39 is 6.10 Å². The lowest BCUT2D eigenvalue weighted by atomic mass is 10.2. The second-order valence-corrected chi connectivity index (χ2v) is 5.39. The number of ether oxygens (including phenoxy) is 2. The van der Waals surface area contributed by atoms with Crippen LogP contribution in [0, 0.1) is 0 Å². The van der Waals surface area contributed by atoms with Crippen molar-refractivity contribution in [2.75, 3.05) is 39.1 Å². The van der Waals surface area contributed by atoms with Gasteiger partial charge in [-0.05, 0) is 44.2 Å². The van der Waals surface area contributed by atoms with Crippen LogP contribution in [-0.4, -0.2) is 55.6 Å². The number of anilines is 1. The molecule has 2 atom stereocenters. The van der Waals surface area contributed by atoms with Crippen LogP contribution in [0.1, 0.15) is 12.8 Å². The van der Waals surface area contributed by atoms with Gasteiger partial charge < -0.3 is 25.2 Å². The highest BCUT2D eigenvalue weighted by Gasteiger charge is 2.18. The van der Waals surface area contributed by atoms with Crippen molar-refractivity contribution in [3.8, 4) is 5.75 Å². The van der Waals surface area contributed by atoms with Gasteiger partial charge in [-0.15, -0.1) is 0 Å².